The predicted octanol–water partition coefficient (Wildman–Crippen LogP) is 16.4. The van der Waals surface area contributed by atoms with Crippen molar-refractivity contribution < 1.29 is 52.7 Å². The van der Waals surface area contributed by atoms with Gasteiger partial charge in [0.05, 0.1) is 11.1 Å². The number of allylic oxidation sites excluding steroid dienone is 2. The van der Waals surface area contributed by atoms with Gasteiger partial charge in [-0.25, -0.2) is 0 Å². The van der Waals surface area contributed by atoms with Gasteiger partial charge >= 0.3 is 47.8 Å². The van der Waals surface area contributed by atoms with Gasteiger partial charge in [0.1, 0.15) is 0 Å². The fourth-order valence-corrected chi connectivity index (χ4v) is 11.4. The first-order chi connectivity index (χ1) is 32.0. The third-order valence-electron chi connectivity index (χ3n) is 14.0. The molecule has 69 heavy (non-hydrogen) atoms. The Hall–Kier alpha value is -6.05. The van der Waals surface area contributed by atoms with Crippen LogP contribution < -0.4 is 0 Å². The zero-order chi connectivity index (χ0) is 48.5. The molecule has 13 heteroatoms. The van der Waals surface area contributed by atoms with Crippen molar-refractivity contribution in [1.29, 1.82) is 0 Å². The molecule has 8 aromatic carbocycles. The maximum Gasteiger partial charge on any atom is 2.00 e. The minimum absolute atomic E-state index is 0. The first-order valence-electron chi connectivity index (χ1n) is 21.5. The number of alkyl halides is 12. The van der Waals surface area contributed by atoms with Gasteiger partial charge in [-0.3, -0.25) is 0 Å². The smallest absolute Gasteiger partial charge is 0.166 e. The van der Waals surface area contributed by atoms with Crippen LogP contribution in [0.3, 0.4) is 0 Å². The molecule has 0 spiro atoms. The van der Waals surface area contributed by atoms with E-state index in [1.165, 1.54) is 38.1 Å². The van der Waals surface area contributed by atoms with Crippen LogP contribution in [0.5, 0.6) is 0 Å². The SMILES string of the molecule is Cc1cc(C(F)(F)F)ccc1C1([c-]2c(C(C)c3cc4ccccc4[c-]3C3(c4ccc(C(F)(F)F)cc4C)C(C(F)(F)F)=Cc4ccccc43)cc3ccccc32)C(C(F)(F)F)=Cc2ccccc21.[Mg+2]. The molecular formula is C56H36F12Mg. The molecule has 2 atom stereocenters. The summed E-state index contributed by atoms with van der Waals surface area (Å²) in [5.41, 5.74) is -8.04. The summed E-state index contributed by atoms with van der Waals surface area (Å²) in [6.45, 7) is 4.33. The Kier molecular flexibility index (Phi) is 11.3. The number of hydrogen-bond donors (Lipinski definition) is 0. The van der Waals surface area contributed by atoms with Crippen molar-refractivity contribution in [3.8, 4) is 0 Å². The Balaban J connectivity index is 0.00000593. The fourth-order valence-electron chi connectivity index (χ4n) is 11.4. The number of benzene rings is 6. The third-order valence-corrected chi connectivity index (χ3v) is 14.0. The zero-order valence-corrected chi connectivity index (χ0v) is 38.2. The summed E-state index contributed by atoms with van der Waals surface area (Å²) >= 11 is 0. The van der Waals surface area contributed by atoms with E-state index in [0.29, 0.717) is 21.5 Å². The molecule has 2 unspecified atom stereocenters. The van der Waals surface area contributed by atoms with E-state index in [2.05, 4.69) is 0 Å². The monoisotopic (exact) mass is 960 g/mol. The molecule has 0 bridgehead atoms. The second-order valence-electron chi connectivity index (χ2n) is 17.7. The van der Waals surface area contributed by atoms with E-state index in [0.717, 1.165) is 48.6 Å². The Bertz CT molecular complexity index is 3180. The first kappa shape index (κ1) is 48.0. The van der Waals surface area contributed by atoms with Crippen molar-refractivity contribution in [2.24, 2.45) is 0 Å². The minimum atomic E-state index is -5.09. The van der Waals surface area contributed by atoms with Crippen molar-refractivity contribution in [2.45, 2.75) is 62.2 Å². The van der Waals surface area contributed by atoms with Crippen molar-refractivity contribution in [1.82, 2.24) is 0 Å². The molecule has 0 saturated heterocycles. The minimum Gasteiger partial charge on any atom is -0.166 e. The van der Waals surface area contributed by atoms with Crippen LogP contribution in [0.4, 0.5) is 52.7 Å². The van der Waals surface area contributed by atoms with Gasteiger partial charge in [-0.05, 0) is 101 Å². The molecular weight excluding hydrogens is 925 g/mol. The normalized spacial score (nSPS) is 18.8. The average Bonchev–Trinajstić information content (AvgIpc) is 4.04. The van der Waals surface area contributed by atoms with E-state index < -0.39 is 63.7 Å². The van der Waals surface area contributed by atoms with E-state index in [-0.39, 0.29) is 89.8 Å². The van der Waals surface area contributed by atoms with Gasteiger partial charge in [-0.1, -0.05) is 79.7 Å². The molecule has 0 aliphatic heterocycles. The summed E-state index contributed by atoms with van der Waals surface area (Å²) in [4.78, 5) is 0. The van der Waals surface area contributed by atoms with Gasteiger partial charge in [-0.15, -0.1) is 80.2 Å². The summed E-state index contributed by atoms with van der Waals surface area (Å²) < 4.78 is 183. The topological polar surface area (TPSA) is 0 Å². The molecule has 10 rings (SSSR count). The maximum atomic E-state index is 16.2. The summed E-state index contributed by atoms with van der Waals surface area (Å²) in [7, 11) is 0. The van der Waals surface area contributed by atoms with Crippen molar-refractivity contribution in [2.75, 3.05) is 0 Å². The summed E-state index contributed by atoms with van der Waals surface area (Å²) in [5.74, 6) is -1.08. The largest absolute Gasteiger partial charge is 2.00 e. The van der Waals surface area contributed by atoms with E-state index in [4.69, 9.17) is 0 Å². The number of aryl methyl sites for hydroxylation is 2. The van der Waals surface area contributed by atoms with Gasteiger partial charge in [0.2, 0.25) is 0 Å². The van der Waals surface area contributed by atoms with Gasteiger partial charge in [0.15, 0.2) is 0 Å². The quantitative estimate of drug-likeness (QED) is 0.0885. The zero-order valence-electron chi connectivity index (χ0n) is 36.8. The van der Waals surface area contributed by atoms with Crippen LogP contribution in [-0.4, -0.2) is 35.4 Å². The van der Waals surface area contributed by atoms with Gasteiger partial charge in [-0.2, -0.15) is 64.8 Å². The molecule has 346 valence electrons. The summed E-state index contributed by atoms with van der Waals surface area (Å²) in [6, 6.07) is 34.2. The van der Waals surface area contributed by atoms with Crippen LogP contribution in [0.25, 0.3) is 33.7 Å². The number of rotatable bonds is 6. The Labute approximate surface area is 404 Å². The van der Waals surface area contributed by atoms with Crippen molar-refractivity contribution >= 4 is 56.7 Å². The molecule has 0 N–H and O–H groups in total. The number of halogens is 12. The summed E-state index contributed by atoms with van der Waals surface area (Å²) in [6.07, 6.45) is -17.8. The van der Waals surface area contributed by atoms with Crippen LogP contribution in [-0.2, 0) is 23.2 Å². The molecule has 2 aliphatic carbocycles. The standard InChI is InChI=1S/C56H36F12.Mg/c1-30-24-37(53(57,58)59)20-22-43(30)51(45-18-10-6-14-35(45)28-47(51)55(63,64)65)49-39-16-8-4-12-33(39)26-41(49)32(3)42-27-34-13-5-9-17-40(34)50(42)52(44-23-21-38(25-31(44)2)54(60,61)62)46-19-11-7-15-36(46)29-48(52)56(66,67)68;/h4-29,32H,1-3H3;/q-2;+2. The predicted molar refractivity (Wildman–Crippen MR) is 245 cm³/mol. The van der Waals surface area contributed by atoms with Gasteiger partial charge in [0.25, 0.3) is 0 Å². The number of hydrogen-bond acceptors (Lipinski definition) is 0. The van der Waals surface area contributed by atoms with Crippen molar-refractivity contribution in [3.05, 3.63) is 235 Å². The molecule has 2 aliphatic rings. The van der Waals surface area contributed by atoms with Gasteiger partial charge in [0, 0.05) is 22.0 Å². The van der Waals surface area contributed by atoms with Crippen LogP contribution >= 0.6 is 0 Å². The van der Waals surface area contributed by atoms with E-state index in [9.17, 15) is 26.3 Å². The maximum absolute atomic E-state index is 16.2. The van der Waals surface area contributed by atoms with Crippen molar-refractivity contribution in [3.63, 3.8) is 0 Å². The third kappa shape index (κ3) is 7.19. The molecule has 0 aromatic heterocycles. The Morgan fingerprint density at radius 2 is 0.754 bits per heavy atom. The van der Waals surface area contributed by atoms with E-state index >= 15 is 26.3 Å². The Morgan fingerprint density at radius 1 is 0.406 bits per heavy atom. The molecule has 0 saturated carbocycles. The summed E-state index contributed by atoms with van der Waals surface area (Å²) in [5, 5.41) is 1.58. The van der Waals surface area contributed by atoms with Crippen LogP contribution in [0, 0.1) is 13.8 Å². The number of fused-ring (bicyclic) bond motifs is 4. The van der Waals surface area contributed by atoms with Gasteiger partial charge < -0.3 is 0 Å². The Morgan fingerprint density at radius 3 is 1.10 bits per heavy atom. The van der Waals surface area contributed by atoms with E-state index in [1.54, 1.807) is 91.9 Å². The second-order valence-corrected chi connectivity index (χ2v) is 17.7. The molecule has 0 heterocycles. The van der Waals surface area contributed by atoms with Crippen LogP contribution in [0.2, 0.25) is 0 Å². The van der Waals surface area contributed by atoms with Crippen LogP contribution in [0.15, 0.2) is 157 Å². The average molecular weight is 961 g/mol. The molecule has 0 nitrogen and oxygen atoms in total. The van der Waals surface area contributed by atoms with Crippen LogP contribution in [0.1, 0.15) is 90.7 Å². The fraction of sp³-hybridized carbons (Fsp3) is 0.179. The molecule has 8 aromatic rings. The molecule has 0 radical (unpaired) electrons. The molecule has 0 amide bonds. The van der Waals surface area contributed by atoms with E-state index in [1.807, 2.05) is 0 Å². The first-order valence-corrected chi connectivity index (χ1v) is 21.5. The second kappa shape index (κ2) is 16.3. The molecule has 0 fully saturated rings.